The summed E-state index contributed by atoms with van der Waals surface area (Å²) in [6, 6.07) is 0. The maximum absolute atomic E-state index is 8.00. The molecule has 0 fully saturated rings. The molecule has 15 heavy (non-hydrogen) atoms. The van der Waals surface area contributed by atoms with E-state index < -0.39 is 0 Å². The van der Waals surface area contributed by atoms with Gasteiger partial charge in [0.15, 0.2) is 0 Å². The van der Waals surface area contributed by atoms with Crippen molar-refractivity contribution in [1.29, 1.82) is 0 Å². The van der Waals surface area contributed by atoms with Crippen LogP contribution >= 0.6 is 0 Å². The number of carbonyl (C=O) groups is 1. The van der Waals surface area contributed by atoms with Crippen LogP contribution in [0.2, 0.25) is 0 Å². The number of hydrogen-bond donors (Lipinski definition) is 2. The van der Waals surface area contributed by atoms with E-state index in [0.29, 0.717) is 12.6 Å². The van der Waals surface area contributed by atoms with E-state index in [4.69, 9.17) is 21.1 Å². The van der Waals surface area contributed by atoms with Gasteiger partial charge in [-0.3, -0.25) is 4.84 Å². The van der Waals surface area contributed by atoms with Crippen LogP contribution < -0.4 is 16.5 Å². The third kappa shape index (κ3) is 4.18. The number of nitrogens with two attached hydrogens (primary N) is 2. The lowest BCUT2D eigenvalue weighted by Crippen LogP contribution is -2.21. The minimum atomic E-state index is 0.0778. The molecule has 1 aromatic heterocycles. The van der Waals surface area contributed by atoms with Gasteiger partial charge in [0.05, 0.1) is 6.61 Å². The maximum atomic E-state index is 8.00. The molecule has 1 aromatic rings. The Kier molecular flexibility index (Phi) is 5.64. The Morgan fingerprint density at radius 3 is 2.13 bits per heavy atom. The SMILES string of the molecule is C=O.CCON(C)c1nc(N)nc(N)n1. The monoisotopic (exact) mass is 214 g/mol. The fourth-order valence-electron chi connectivity index (χ4n) is 0.789. The van der Waals surface area contributed by atoms with Crippen molar-refractivity contribution in [3.63, 3.8) is 0 Å². The molecule has 8 heteroatoms. The zero-order valence-corrected chi connectivity index (χ0v) is 8.67. The van der Waals surface area contributed by atoms with Crippen molar-refractivity contribution in [2.24, 2.45) is 0 Å². The van der Waals surface area contributed by atoms with Crippen molar-refractivity contribution >= 4 is 24.6 Å². The van der Waals surface area contributed by atoms with Gasteiger partial charge in [0, 0.05) is 7.05 Å². The second kappa shape index (κ2) is 6.49. The van der Waals surface area contributed by atoms with Gasteiger partial charge in [-0.15, -0.1) is 0 Å². The molecule has 0 saturated carbocycles. The molecule has 0 unspecified atom stereocenters. The summed E-state index contributed by atoms with van der Waals surface area (Å²) in [5.41, 5.74) is 10.7. The van der Waals surface area contributed by atoms with E-state index >= 15 is 0 Å². The van der Waals surface area contributed by atoms with Crippen molar-refractivity contribution in [3.05, 3.63) is 0 Å². The van der Waals surface area contributed by atoms with Gasteiger partial charge in [0.2, 0.25) is 11.9 Å². The predicted octanol–water partition coefficient (Wildman–Crippen LogP) is -0.761. The van der Waals surface area contributed by atoms with Gasteiger partial charge in [0.1, 0.15) is 6.79 Å². The molecule has 0 radical (unpaired) electrons. The van der Waals surface area contributed by atoms with Crippen LogP contribution in [0.25, 0.3) is 0 Å². The molecule has 0 aromatic carbocycles. The number of hydroxylamine groups is 1. The number of nitrogens with zero attached hydrogens (tertiary/aromatic N) is 4. The summed E-state index contributed by atoms with van der Waals surface area (Å²) < 4.78 is 0. The Hall–Kier alpha value is -1.96. The largest absolute Gasteiger partial charge is 0.368 e. The number of carbonyl (C=O) groups excluding carboxylic acids is 1. The summed E-state index contributed by atoms with van der Waals surface area (Å²) in [6.07, 6.45) is 0. The molecule has 0 spiro atoms. The molecule has 0 amide bonds. The van der Waals surface area contributed by atoms with Crippen molar-refractivity contribution in [1.82, 2.24) is 15.0 Å². The average molecular weight is 214 g/mol. The lowest BCUT2D eigenvalue weighted by molar-refractivity contribution is -0.0979. The van der Waals surface area contributed by atoms with Crippen molar-refractivity contribution in [3.8, 4) is 0 Å². The van der Waals surface area contributed by atoms with E-state index in [2.05, 4.69) is 15.0 Å². The first-order chi connectivity index (χ1) is 7.13. The van der Waals surface area contributed by atoms with Gasteiger partial charge in [-0.1, -0.05) is 0 Å². The number of rotatable bonds is 3. The number of anilines is 3. The summed E-state index contributed by atoms with van der Waals surface area (Å²) in [5.74, 6) is 0.454. The topological polar surface area (TPSA) is 120 Å². The minimum absolute atomic E-state index is 0.0778. The van der Waals surface area contributed by atoms with E-state index in [1.54, 1.807) is 7.05 Å². The predicted molar refractivity (Wildman–Crippen MR) is 55.8 cm³/mol. The Labute approximate surface area is 87.2 Å². The molecular weight excluding hydrogens is 200 g/mol. The molecule has 8 nitrogen and oxygen atoms in total. The quantitative estimate of drug-likeness (QED) is 0.630. The Morgan fingerprint density at radius 2 is 1.73 bits per heavy atom. The molecule has 0 aliphatic carbocycles. The second-order valence-electron chi connectivity index (χ2n) is 2.27. The highest BCUT2D eigenvalue weighted by molar-refractivity contribution is 5.36. The van der Waals surface area contributed by atoms with Gasteiger partial charge < -0.3 is 16.3 Å². The van der Waals surface area contributed by atoms with Gasteiger partial charge in [-0.25, -0.2) is 5.06 Å². The standard InChI is InChI=1S/C6H12N6O.CH2O/c1-3-13-12(2)6-10-4(7)9-5(8)11-6;1-2/h3H2,1-2H3,(H4,7,8,9,10,11);1H2. The molecule has 1 rings (SSSR count). The van der Waals surface area contributed by atoms with Crippen LogP contribution in [0.5, 0.6) is 0 Å². The highest BCUT2D eigenvalue weighted by Crippen LogP contribution is 2.07. The smallest absolute Gasteiger partial charge is 0.256 e. The van der Waals surface area contributed by atoms with Crippen LogP contribution in [0.3, 0.4) is 0 Å². The van der Waals surface area contributed by atoms with Crippen LogP contribution in [-0.4, -0.2) is 35.4 Å². The zero-order chi connectivity index (χ0) is 11.8. The minimum Gasteiger partial charge on any atom is -0.368 e. The van der Waals surface area contributed by atoms with E-state index in [-0.39, 0.29) is 11.9 Å². The van der Waals surface area contributed by atoms with Gasteiger partial charge in [-0.05, 0) is 6.92 Å². The van der Waals surface area contributed by atoms with E-state index in [1.165, 1.54) is 5.06 Å². The Morgan fingerprint density at radius 1 is 1.27 bits per heavy atom. The van der Waals surface area contributed by atoms with Crippen molar-refractivity contribution in [2.75, 3.05) is 30.2 Å². The summed E-state index contributed by atoms with van der Waals surface area (Å²) >= 11 is 0. The van der Waals surface area contributed by atoms with Crippen LogP contribution in [0, 0.1) is 0 Å². The number of hydrogen-bond acceptors (Lipinski definition) is 8. The Balaban J connectivity index is 0.000000921. The third-order valence-corrected chi connectivity index (χ3v) is 1.26. The number of aromatic nitrogens is 3. The first kappa shape index (κ1) is 13.0. The van der Waals surface area contributed by atoms with Crippen molar-refractivity contribution < 1.29 is 9.63 Å². The second-order valence-corrected chi connectivity index (χ2v) is 2.27. The Bertz CT molecular complexity index is 287. The van der Waals surface area contributed by atoms with E-state index in [1.807, 2.05) is 13.7 Å². The number of nitrogen functional groups attached to an aromatic ring is 2. The normalized spacial score (nSPS) is 8.93. The third-order valence-electron chi connectivity index (χ3n) is 1.26. The zero-order valence-electron chi connectivity index (χ0n) is 8.67. The summed E-state index contributed by atoms with van der Waals surface area (Å²) in [7, 11) is 1.66. The average Bonchev–Trinajstić information content (AvgIpc) is 2.20. The summed E-state index contributed by atoms with van der Waals surface area (Å²) in [6.45, 7) is 4.37. The molecule has 84 valence electrons. The van der Waals surface area contributed by atoms with Crippen LogP contribution in [0.15, 0.2) is 0 Å². The van der Waals surface area contributed by atoms with Crippen molar-refractivity contribution in [2.45, 2.75) is 6.92 Å². The molecule has 0 aliphatic heterocycles. The highest BCUT2D eigenvalue weighted by Gasteiger charge is 2.06. The van der Waals surface area contributed by atoms with E-state index in [0.717, 1.165) is 0 Å². The summed E-state index contributed by atoms with van der Waals surface area (Å²) in [5, 5.41) is 1.38. The van der Waals surface area contributed by atoms with Gasteiger partial charge >= 0.3 is 0 Å². The molecule has 4 N–H and O–H groups in total. The maximum Gasteiger partial charge on any atom is 0.256 e. The lowest BCUT2D eigenvalue weighted by atomic mass is 10.8. The molecular formula is C7H14N6O2. The lowest BCUT2D eigenvalue weighted by Gasteiger charge is -2.14. The fraction of sp³-hybridized carbons (Fsp3) is 0.429. The molecule has 0 atom stereocenters. The van der Waals surface area contributed by atoms with Gasteiger partial charge in [-0.2, -0.15) is 15.0 Å². The molecule has 0 saturated heterocycles. The molecule has 1 heterocycles. The van der Waals surface area contributed by atoms with Crippen LogP contribution in [0.1, 0.15) is 6.92 Å². The first-order valence-electron chi connectivity index (χ1n) is 4.06. The fourth-order valence-corrected chi connectivity index (χ4v) is 0.789. The highest BCUT2D eigenvalue weighted by atomic mass is 16.7. The van der Waals surface area contributed by atoms with Crippen LogP contribution in [0.4, 0.5) is 17.8 Å². The van der Waals surface area contributed by atoms with E-state index in [9.17, 15) is 0 Å². The molecule has 0 bridgehead atoms. The van der Waals surface area contributed by atoms with Gasteiger partial charge in [0.25, 0.3) is 5.95 Å². The van der Waals surface area contributed by atoms with Crippen LogP contribution in [-0.2, 0) is 9.63 Å². The first-order valence-corrected chi connectivity index (χ1v) is 4.06. The molecule has 0 aliphatic rings. The summed E-state index contributed by atoms with van der Waals surface area (Å²) in [4.78, 5) is 24.4.